The molecule has 0 spiro atoms. The number of rotatable bonds is 6. The highest BCUT2D eigenvalue weighted by Gasteiger charge is 2.22. The molecule has 0 unspecified atom stereocenters. The number of aryl methyl sites for hydroxylation is 1. The Morgan fingerprint density at radius 3 is 2.63 bits per heavy atom. The molecule has 0 radical (unpaired) electrons. The molecule has 6 heteroatoms. The van der Waals surface area contributed by atoms with E-state index in [1.165, 1.54) is 12.1 Å². The first kappa shape index (κ1) is 14.4. The van der Waals surface area contributed by atoms with Gasteiger partial charge in [-0.05, 0) is 37.5 Å². The smallest absolute Gasteiger partial charge is 0.240 e. The Bertz CT molecular complexity index is 568. The summed E-state index contributed by atoms with van der Waals surface area (Å²) < 4.78 is 40.3. The topological polar surface area (TPSA) is 58.2 Å². The Kier molecular flexibility index (Phi) is 4.23. The van der Waals surface area contributed by atoms with Crippen molar-refractivity contribution in [2.75, 3.05) is 6.54 Å². The van der Waals surface area contributed by atoms with Crippen molar-refractivity contribution in [3.05, 3.63) is 29.1 Å². The van der Waals surface area contributed by atoms with E-state index in [1.54, 1.807) is 13.8 Å². The van der Waals surface area contributed by atoms with Crippen LogP contribution in [0.4, 0.5) is 4.39 Å². The van der Waals surface area contributed by atoms with Gasteiger partial charge in [0.05, 0.1) is 4.90 Å². The van der Waals surface area contributed by atoms with Crippen LogP contribution >= 0.6 is 0 Å². The van der Waals surface area contributed by atoms with Gasteiger partial charge in [-0.2, -0.15) is 0 Å². The largest absolute Gasteiger partial charge is 0.310 e. The predicted molar refractivity (Wildman–Crippen MR) is 71.9 cm³/mol. The van der Waals surface area contributed by atoms with E-state index in [-0.39, 0.29) is 10.7 Å². The fraction of sp³-hybridized carbons (Fsp3) is 0.538. The van der Waals surface area contributed by atoms with Crippen LogP contribution in [0.5, 0.6) is 0 Å². The second-order valence-corrected chi connectivity index (χ2v) is 6.64. The summed E-state index contributed by atoms with van der Waals surface area (Å²) >= 11 is 0. The summed E-state index contributed by atoms with van der Waals surface area (Å²) in [6, 6.07) is 3.23. The molecule has 106 valence electrons. The van der Waals surface area contributed by atoms with Crippen LogP contribution in [-0.4, -0.2) is 21.0 Å². The maximum Gasteiger partial charge on any atom is 0.240 e. The van der Waals surface area contributed by atoms with Crippen molar-refractivity contribution < 1.29 is 12.8 Å². The fourth-order valence-electron chi connectivity index (χ4n) is 1.91. The van der Waals surface area contributed by atoms with Crippen molar-refractivity contribution in [3.8, 4) is 0 Å². The molecule has 1 saturated carbocycles. The molecule has 0 aromatic heterocycles. The van der Waals surface area contributed by atoms with Gasteiger partial charge in [-0.3, -0.25) is 0 Å². The third kappa shape index (κ3) is 3.52. The first-order valence-electron chi connectivity index (χ1n) is 6.46. The van der Waals surface area contributed by atoms with Crippen LogP contribution < -0.4 is 10.0 Å². The van der Waals surface area contributed by atoms with Gasteiger partial charge in [-0.1, -0.05) is 6.92 Å². The lowest BCUT2D eigenvalue weighted by molar-refractivity contribution is 0.571. The van der Waals surface area contributed by atoms with Crippen LogP contribution in [-0.2, 0) is 16.6 Å². The first-order chi connectivity index (χ1) is 8.94. The number of sulfonamides is 1. The second kappa shape index (κ2) is 5.56. The molecule has 19 heavy (non-hydrogen) atoms. The third-order valence-corrected chi connectivity index (χ3v) is 4.63. The average molecular weight is 286 g/mol. The molecule has 0 aliphatic heterocycles. The summed E-state index contributed by atoms with van der Waals surface area (Å²) in [5.41, 5.74) is 0.759. The number of benzene rings is 1. The molecule has 0 saturated heterocycles. The van der Waals surface area contributed by atoms with Gasteiger partial charge >= 0.3 is 0 Å². The number of halogens is 1. The van der Waals surface area contributed by atoms with Gasteiger partial charge in [-0.15, -0.1) is 0 Å². The van der Waals surface area contributed by atoms with Crippen LogP contribution in [0.1, 0.15) is 30.9 Å². The molecule has 0 atom stereocenters. The Morgan fingerprint density at radius 2 is 2.05 bits per heavy atom. The van der Waals surface area contributed by atoms with E-state index < -0.39 is 10.0 Å². The van der Waals surface area contributed by atoms with Crippen LogP contribution in [0.2, 0.25) is 0 Å². The van der Waals surface area contributed by atoms with Crippen LogP contribution in [0.3, 0.4) is 0 Å². The normalized spacial score (nSPS) is 15.7. The molecule has 1 aromatic rings. The van der Waals surface area contributed by atoms with Crippen LogP contribution in [0, 0.1) is 12.7 Å². The first-order valence-corrected chi connectivity index (χ1v) is 7.94. The minimum atomic E-state index is -3.54. The summed E-state index contributed by atoms with van der Waals surface area (Å²) in [7, 11) is -3.54. The summed E-state index contributed by atoms with van der Waals surface area (Å²) in [5, 5.41) is 3.20. The molecule has 2 rings (SSSR count). The molecule has 1 fully saturated rings. The Morgan fingerprint density at radius 1 is 1.37 bits per heavy atom. The average Bonchev–Trinajstić information content (AvgIpc) is 3.14. The third-order valence-electron chi connectivity index (χ3n) is 3.11. The minimum Gasteiger partial charge on any atom is -0.310 e. The molecular formula is C13H19FN2O2S. The standard InChI is InChI=1S/C13H19FN2O2S/c1-3-16-19(17,18)12-6-9(2)13(14)10(7-12)8-15-11-4-5-11/h6-7,11,15-16H,3-5,8H2,1-2H3. The Labute approximate surface area is 113 Å². The Hall–Kier alpha value is -0.980. The van der Waals surface area contributed by atoms with Crippen molar-refractivity contribution >= 4 is 10.0 Å². The highest BCUT2D eigenvalue weighted by Crippen LogP contribution is 2.22. The zero-order valence-corrected chi connectivity index (χ0v) is 12.0. The van der Waals surface area contributed by atoms with Gasteiger partial charge in [0, 0.05) is 24.7 Å². The number of nitrogens with one attached hydrogen (secondary N) is 2. The number of hydrogen-bond acceptors (Lipinski definition) is 3. The molecule has 4 nitrogen and oxygen atoms in total. The molecule has 0 bridgehead atoms. The van der Waals surface area contributed by atoms with Crippen molar-refractivity contribution in [1.82, 2.24) is 10.0 Å². The lowest BCUT2D eigenvalue weighted by Gasteiger charge is -2.11. The van der Waals surface area contributed by atoms with E-state index in [2.05, 4.69) is 10.0 Å². The van der Waals surface area contributed by atoms with E-state index >= 15 is 0 Å². The maximum atomic E-state index is 14.0. The van der Waals surface area contributed by atoms with Gasteiger partial charge < -0.3 is 5.32 Å². The monoisotopic (exact) mass is 286 g/mol. The summed E-state index contributed by atoms with van der Waals surface area (Å²) in [5.74, 6) is -0.330. The molecule has 2 N–H and O–H groups in total. The van der Waals surface area contributed by atoms with E-state index in [1.807, 2.05) is 0 Å². The quantitative estimate of drug-likeness (QED) is 0.836. The maximum absolute atomic E-state index is 14.0. The second-order valence-electron chi connectivity index (χ2n) is 4.87. The molecule has 1 aliphatic rings. The van der Waals surface area contributed by atoms with Gasteiger partial charge in [0.15, 0.2) is 0 Å². The highest BCUT2D eigenvalue weighted by molar-refractivity contribution is 7.89. The molecular weight excluding hydrogens is 267 g/mol. The summed E-state index contributed by atoms with van der Waals surface area (Å²) in [6.07, 6.45) is 2.21. The van der Waals surface area contributed by atoms with Gasteiger partial charge in [0.2, 0.25) is 10.0 Å². The lowest BCUT2D eigenvalue weighted by Crippen LogP contribution is -2.24. The molecule has 0 amide bonds. The minimum absolute atomic E-state index is 0.126. The fourth-order valence-corrected chi connectivity index (χ4v) is 3.08. The van der Waals surface area contributed by atoms with Gasteiger partial charge in [0.1, 0.15) is 5.82 Å². The zero-order valence-electron chi connectivity index (χ0n) is 11.2. The van der Waals surface area contributed by atoms with Crippen molar-refractivity contribution in [2.45, 2.75) is 44.2 Å². The van der Waals surface area contributed by atoms with Crippen LogP contribution in [0.25, 0.3) is 0 Å². The van der Waals surface area contributed by atoms with Crippen molar-refractivity contribution in [2.24, 2.45) is 0 Å². The predicted octanol–water partition coefficient (Wildman–Crippen LogP) is 1.68. The molecule has 0 heterocycles. The van der Waals surface area contributed by atoms with Crippen molar-refractivity contribution in [3.63, 3.8) is 0 Å². The summed E-state index contributed by atoms with van der Waals surface area (Å²) in [6.45, 7) is 3.98. The van der Waals surface area contributed by atoms with E-state index in [0.29, 0.717) is 30.3 Å². The number of hydrogen-bond donors (Lipinski definition) is 2. The van der Waals surface area contributed by atoms with Gasteiger partial charge in [0.25, 0.3) is 0 Å². The zero-order chi connectivity index (χ0) is 14.0. The van der Waals surface area contributed by atoms with E-state index in [9.17, 15) is 12.8 Å². The summed E-state index contributed by atoms with van der Waals surface area (Å²) in [4.78, 5) is 0.126. The van der Waals surface area contributed by atoms with Crippen molar-refractivity contribution in [1.29, 1.82) is 0 Å². The lowest BCUT2D eigenvalue weighted by atomic mass is 10.1. The van der Waals surface area contributed by atoms with E-state index in [0.717, 1.165) is 12.8 Å². The molecule has 1 aliphatic carbocycles. The molecule has 1 aromatic carbocycles. The Balaban J connectivity index is 2.29. The highest BCUT2D eigenvalue weighted by atomic mass is 32.2. The SMILES string of the molecule is CCNS(=O)(=O)c1cc(C)c(F)c(CNC2CC2)c1. The van der Waals surface area contributed by atoms with E-state index in [4.69, 9.17) is 0 Å². The van der Waals surface area contributed by atoms with Gasteiger partial charge in [-0.25, -0.2) is 17.5 Å². The van der Waals surface area contributed by atoms with Crippen LogP contribution in [0.15, 0.2) is 17.0 Å².